The summed E-state index contributed by atoms with van der Waals surface area (Å²) in [6, 6.07) is -2.97. The largest absolute Gasteiger partial charge is 0.381 e. The van der Waals surface area contributed by atoms with Gasteiger partial charge in [-0.15, -0.1) is 18.9 Å². The molecule has 5 amide bonds. The number of aliphatic hydroxyl groups excluding tert-OH is 1. The van der Waals surface area contributed by atoms with Gasteiger partial charge < -0.3 is 31.3 Å². The summed E-state index contributed by atoms with van der Waals surface area (Å²) in [7, 11) is 0. The fourth-order valence-corrected chi connectivity index (χ4v) is 7.46. The van der Waals surface area contributed by atoms with Gasteiger partial charge in [0, 0.05) is 25.0 Å². The Morgan fingerprint density at radius 3 is 2.36 bits per heavy atom. The Balaban J connectivity index is 1.82. The Labute approximate surface area is 263 Å². The Morgan fingerprint density at radius 2 is 1.80 bits per heavy atom. The second-order valence-corrected chi connectivity index (χ2v) is 14.7. The number of aliphatic hydroxyl groups is 1. The standard InChI is InChI=1S/C34H55N5O5/c1-9-12-16-23(26(40)29(42)35-20-11-3)36-28(41)25-24-22(33(24,7)8)21-39(25)30(43)27(32(4,5)6)37-31(44)38-34(17-10-2)18-14-13-15-19-34/h1,11,22-27,40H,3,10,12-21H2,2,4-8H3,(H,35,42)(H,36,41)(H2,37,38,44)/t22?,23-,24-,25-,26?,27+/m0/s1. The van der Waals surface area contributed by atoms with Crippen molar-refractivity contribution < 1.29 is 24.3 Å². The highest BCUT2D eigenvalue weighted by Crippen LogP contribution is 2.65. The quantitative estimate of drug-likeness (QED) is 0.160. The van der Waals surface area contributed by atoms with Gasteiger partial charge in [0.15, 0.2) is 6.10 Å². The van der Waals surface area contributed by atoms with Gasteiger partial charge in [0.1, 0.15) is 12.1 Å². The van der Waals surface area contributed by atoms with E-state index in [-0.39, 0.29) is 54.1 Å². The van der Waals surface area contributed by atoms with Crippen LogP contribution in [0.3, 0.4) is 0 Å². The maximum absolute atomic E-state index is 14.3. The summed E-state index contributed by atoms with van der Waals surface area (Å²) in [5.41, 5.74) is -1.05. The third kappa shape index (κ3) is 7.96. The van der Waals surface area contributed by atoms with Crippen LogP contribution in [-0.4, -0.2) is 76.6 Å². The molecule has 2 saturated carbocycles. The number of nitrogens with one attached hydrogen (secondary N) is 4. The Kier molecular flexibility index (Phi) is 11.6. The van der Waals surface area contributed by atoms with E-state index in [1.807, 2.05) is 20.8 Å². The summed E-state index contributed by atoms with van der Waals surface area (Å²) < 4.78 is 0. The van der Waals surface area contributed by atoms with Crippen molar-refractivity contribution in [1.82, 2.24) is 26.2 Å². The second-order valence-electron chi connectivity index (χ2n) is 14.7. The maximum Gasteiger partial charge on any atom is 0.315 e. The van der Waals surface area contributed by atoms with Crippen LogP contribution in [0.25, 0.3) is 0 Å². The first-order valence-corrected chi connectivity index (χ1v) is 16.3. The van der Waals surface area contributed by atoms with E-state index in [9.17, 15) is 24.3 Å². The molecule has 0 radical (unpaired) electrons. The predicted octanol–water partition coefficient (Wildman–Crippen LogP) is 3.25. The van der Waals surface area contributed by atoms with Gasteiger partial charge in [0.25, 0.3) is 5.91 Å². The first kappa shape index (κ1) is 35.4. The van der Waals surface area contributed by atoms with Crippen LogP contribution in [0, 0.1) is 35.0 Å². The molecule has 0 spiro atoms. The second kappa shape index (κ2) is 14.4. The zero-order chi connectivity index (χ0) is 32.9. The highest BCUT2D eigenvalue weighted by atomic mass is 16.3. The van der Waals surface area contributed by atoms with Crippen LogP contribution in [0.2, 0.25) is 0 Å². The van der Waals surface area contributed by atoms with Crippen molar-refractivity contribution in [2.75, 3.05) is 13.1 Å². The number of fused-ring (bicyclic) bond motifs is 1. The fraction of sp³-hybridized carbons (Fsp3) is 0.765. The zero-order valence-corrected chi connectivity index (χ0v) is 27.6. The van der Waals surface area contributed by atoms with Crippen LogP contribution in [-0.2, 0) is 14.4 Å². The van der Waals surface area contributed by atoms with Crippen LogP contribution in [0.15, 0.2) is 12.7 Å². The number of hydrogen-bond donors (Lipinski definition) is 5. The molecule has 10 heteroatoms. The summed E-state index contributed by atoms with van der Waals surface area (Å²) in [5.74, 6) is 1.15. The average Bonchev–Trinajstić information content (AvgIpc) is 3.28. The molecule has 1 saturated heterocycles. The van der Waals surface area contributed by atoms with Gasteiger partial charge in [-0.1, -0.05) is 73.3 Å². The minimum absolute atomic E-state index is 0.0871. The Bertz CT molecular complexity index is 1110. The smallest absolute Gasteiger partial charge is 0.315 e. The number of nitrogens with zero attached hydrogens (tertiary/aromatic N) is 1. The molecule has 3 aliphatic rings. The number of amides is 5. The van der Waals surface area contributed by atoms with E-state index in [1.165, 1.54) is 6.08 Å². The van der Waals surface area contributed by atoms with Gasteiger partial charge in [0.2, 0.25) is 11.8 Å². The van der Waals surface area contributed by atoms with Gasteiger partial charge in [-0.25, -0.2) is 4.79 Å². The predicted molar refractivity (Wildman–Crippen MR) is 171 cm³/mol. The van der Waals surface area contributed by atoms with E-state index in [0.29, 0.717) is 6.54 Å². The molecule has 3 fully saturated rings. The highest BCUT2D eigenvalue weighted by Gasteiger charge is 2.70. The van der Waals surface area contributed by atoms with Crippen molar-refractivity contribution in [3.8, 4) is 12.3 Å². The number of carbonyl (C=O) groups is 4. The molecule has 0 aromatic heterocycles. The van der Waals surface area contributed by atoms with E-state index < -0.39 is 41.5 Å². The number of hydrogen-bond acceptors (Lipinski definition) is 5. The lowest BCUT2D eigenvalue weighted by Gasteiger charge is -2.41. The summed E-state index contributed by atoms with van der Waals surface area (Å²) in [4.78, 5) is 55.8. The lowest BCUT2D eigenvalue weighted by Crippen LogP contribution is -2.63. The Hall–Kier alpha value is -3.06. The minimum Gasteiger partial charge on any atom is -0.381 e. The fourth-order valence-electron chi connectivity index (χ4n) is 7.46. The van der Waals surface area contributed by atoms with Crippen molar-refractivity contribution in [3.05, 3.63) is 12.7 Å². The van der Waals surface area contributed by atoms with Crippen LogP contribution < -0.4 is 21.3 Å². The topological polar surface area (TPSA) is 140 Å². The minimum atomic E-state index is -1.52. The lowest BCUT2D eigenvalue weighted by atomic mass is 9.78. The van der Waals surface area contributed by atoms with Crippen molar-refractivity contribution in [2.45, 2.75) is 129 Å². The van der Waals surface area contributed by atoms with E-state index in [0.717, 1.165) is 44.9 Å². The molecule has 44 heavy (non-hydrogen) atoms. The number of urea groups is 1. The summed E-state index contributed by atoms with van der Waals surface area (Å²) >= 11 is 0. The number of rotatable bonds is 13. The van der Waals surface area contributed by atoms with Gasteiger partial charge in [-0.05, 0) is 48.3 Å². The molecular formula is C34H55N5O5. The molecule has 246 valence electrons. The normalized spacial score (nSPS) is 25.3. The van der Waals surface area contributed by atoms with Gasteiger partial charge in [-0.3, -0.25) is 14.4 Å². The Morgan fingerprint density at radius 1 is 1.14 bits per heavy atom. The summed E-state index contributed by atoms with van der Waals surface area (Å²) in [5, 5.41) is 22.5. The van der Waals surface area contributed by atoms with Crippen LogP contribution in [0.5, 0.6) is 0 Å². The molecule has 3 rings (SSSR count). The van der Waals surface area contributed by atoms with Crippen LogP contribution >= 0.6 is 0 Å². The third-order valence-corrected chi connectivity index (χ3v) is 10.1. The van der Waals surface area contributed by atoms with Crippen molar-refractivity contribution in [1.29, 1.82) is 0 Å². The van der Waals surface area contributed by atoms with Crippen LogP contribution in [0.1, 0.15) is 99.3 Å². The first-order chi connectivity index (χ1) is 20.6. The summed E-state index contributed by atoms with van der Waals surface area (Å²) in [6.45, 7) is 16.1. The van der Waals surface area contributed by atoms with E-state index in [2.05, 4.69) is 54.5 Å². The molecule has 0 aromatic rings. The van der Waals surface area contributed by atoms with E-state index in [1.54, 1.807) is 4.90 Å². The average molecular weight is 614 g/mol. The number of terminal acetylenes is 1. The van der Waals surface area contributed by atoms with Gasteiger partial charge in [0.05, 0.1) is 6.04 Å². The molecule has 2 aliphatic carbocycles. The lowest BCUT2D eigenvalue weighted by molar-refractivity contribution is -0.144. The van der Waals surface area contributed by atoms with Gasteiger partial charge in [-0.2, -0.15) is 0 Å². The van der Waals surface area contributed by atoms with E-state index in [4.69, 9.17) is 6.42 Å². The molecule has 6 atom stereocenters. The molecule has 1 heterocycles. The molecule has 0 bridgehead atoms. The molecular weight excluding hydrogens is 558 g/mol. The number of carbonyl (C=O) groups excluding carboxylic acids is 4. The molecule has 5 N–H and O–H groups in total. The maximum atomic E-state index is 14.3. The number of likely N-dealkylation sites (tertiary alicyclic amines) is 1. The molecule has 2 unspecified atom stereocenters. The molecule has 0 aromatic carbocycles. The SMILES string of the molecule is C#CCC[C@H](NC(=O)[C@@H]1[C@@H]2C(CN1C(=O)[C@@H](NC(=O)NC1(CCC)CCCCC1)C(C)(C)C)C2(C)C)C(O)C(=O)NCC=C. The van der Waals surface area contributed by atoms with Crippen molar-refractivity contribution in [2.24, 2.45) is 22.7 Å². The first-order valence-electron chi connectivity index (χ1n) is 16.3. The van der Waals surface area contributed by atoms with Gasteiger partial charge >= 0.3 is 6.03 Å². The zero-order valence-electron chi connectivity index (χ0n) is 27.6. The number of piperidine rings is 1. The third-order valence-electron chi connectivity index (χ3n) is 10.1. The van der Waals surface area contributed by atoms with Crippen molar-refractivity contribution >= 4 is 23.8 Å². The summed E-state index contributed by atoms with van der Waals surface area (Å²) in [6.07, 6.45) is 12.9. The molecule has 1 aliphatic heterocycles. The van der Waals surface area contributed by atoms with E-state index >= 15 is 0 Å². The molecule has 10 nitrogen and oxygen atoms in total. The highest BCUT2D eigenvalue weighted by molar-refractivity contribution is 5.94. The van der Waals surface area contributed by atoms with Crippen LogP contribution in [0.4, 0.5) is 4.79 Å². The van der Waals surface area contributed by atoms with Crippen molar-refractivity contribution in [3.63, 3.8) is 0 Å². The monoisotopic (exact) mass is 613 g/mol.